The van der Waals surface area contributed by atoms with E-state index in [9.17, 15) is 13.2 Å². The summed E-state index contributed by atoms with van der Waals surface area (Å²) < 4.78 is 22.1. The molecule has 110 valence electrons. The number of likely N-dealkylation sites (tertiary alicyclic amines) is 1. The molecule has 1 aromatic rings. The van der Waals surface area contributed by atoms with Crippen LogP contribution in [0.15, 0.2) is 24.4 Å². The van der Waals surface area contributed by atoms with Gasteiger partial charge in [0.25, 0.3) is 0 Å². The van der Waals surface area contributed by atoms with E-state index < -0.39 is 10.0 Å². The average molecular weight is 298 g/mol. The van der Waals surface area contributed by atoms with E-state index in [-0.39, 0.29) is 24.0 Å². The lowest BCUT2D eigenvalue weighted by Gasteiger charge is -2.17. The molecule has 0 saturated carbocycles. The van der Waals surface area contributed by atoms with Gasteiger partial charge in [-0.2, -0.15) is 0 Å². The first-order valence-electron chi connectivity index (χ1n) is 6.37. The summed E-state index contributed by atoms with van der Waals surface area (Å²) in [6.07, 6.45) is 1.94. The van der Waals surface area contributed by atoms with Gasteiger partial charge in [0.05, 0.1) is 5.75 Å². The van der Waals surface area contributed by atoms with Crippen molar-refractivity contribution < 1.29 is 13.2 Å². The second-order valence-electron chi connectivity index (χ2n) is 4.88. The van der Waals surface area contributed by atoms with E-state index in [4.69, 9.17) is 5.14 Å². The second kappa shape index (κ2) is 6.19. The molecular weight excluding hydrogens is 280 g/mol. The van der Waals surface area contributed by atoms with Crippen molar-refractivity contribution >= 4 is 21.7 Å². The van der Waals surface area contributed by atoms with Crippen LogP contribution in [0.5, 0.6) is 0 Å². The van der Waals surface area contributed by atoms with Crippen LogP contribution in [0.1, 0.15) is 6.42 Å². The highest BCUT2D eigenvalue weighted by Crippen LogP contribution is 2.18. The third-order valence-electron chi connectivity index (χ3n) is 3.12. The molecule has 2 heterocycles. The highest BCUT2D eigenvalue weighted by atomic mass is 32.2. The quantitative estimate of drug-likeness (QED) is 0.745. The zero-order valence-electron chi connectivity index (χ0n) is 11.0. The first-order valence-corrected chi connectivity index (χ1v) is 8.09. The third kappa shape index (κ3) is 4.46. The number of carbonyl (C=O) groups excluding carboxylic acids is 1. The van der Waals surface area contributed by atoms with Gasteiger partial charge in [0, 0.05) is 38.2 Å². The van der Waals surface area contributed by atoms with Crippen LogP contribution < -0.4 is 10.5 Å². The van der Waals surface area contributed by atoms with Crippen LogP contribution in [0.2, 0.25) is 0 Å². The number of aromatic nitrogens is 1. The number of nitrogens with zero attached hydrogens (tertiary/aromatic N) is 2. The highest BCUT2D eigenvalue weighted by Gasteiger charge is 2.31. The number of hydrogen-bond acceptors (Lipinski definition) is 5. The number of primary sulfonamides is 1. The van der Waals surface area contributed by atoms with Crippen LogP contribution >= 0.6 is 0 Å². The largest absolute Gasteiger partial charge is 0.368 e. The number of carbonyl (C=O) groups is 1. The summed E-state index contributed by atoms with van der Waals surface area (Å²) in [6.45, 7) is 1.54. The maximum Gasteiger partial charge on any atom is 0.223 e. The van der Waals surface area contributed by atoms with Gasteiger partial charge in [-0.05, 0) is 12.1 Å². The Kier molecular flexibility index (Phi) is 4.56. The molecule has 1 fully saturated rings. The molecule has 1 saturated heterocycles. The van der Waals surface area contributed by atoms with E-state index in [1.54, 1.807) is 11.1 Å². The van der Waals surface area contributed by atoms with E-state index in [0.29, 0.717) is 19.6 Å². The molecule has 1 aliphatic heterocycles. The molecule has 3 N–H and O–H groups in total. The minimum Gasteiger partial charge on any atom is -0.368 e. The van der Waals surface area contributed by atoms with Crippen molar-refractivity contribution in [3.63, 3.8) is 0 Å². The van der Waals surface area contributed by atoms with Crippen molar-refractivity contribution in [2.45, 2.75) is 6.42 Å². The monoisotopic (exact) mass is 298 g/mol. The van der Waals surface area contributed by atoms with Crippen molar-refractivity contribution in [3.05, 3.63) is 24.4 Å². The Balaban J connectivity index is 1.78. The zero-order chi connectivity index (χ0) is 14.6. The minimum absolute atomic E-state index is 0.0264. The molecule has 7 nitrogen and oxygen atoms in total. The fraction of sp³-hybridized carbons (Fsp3) is 0.500. The fourth-order valence-electron chi connectivity index (χ4n) is 2.30. The lowest BCUT2D eigenvalue weighted by atomic mass is 10.1. The third-order valence-corrected chi connectivity index (χ3v) is 4.05. The molecule has 0 aromatic carbocycles. The van der Waals surface area contributed by atoms with Crippen molar-refractivity contribution in [2.24, 2.45) is 11.1 Å². The van der Waals surface area contributed by atoms with E-state index in [1.807, 2.05) is 18.2 Å². The molecule has 1 atom stereocenters. The van der Waals surface area contributed by atoms with Crippen LogP contribution in [0, 0.1) is 5.92 Å². The number of rotatable bonds is 6. The number of nitrogens with one attached hydrogen (secondary N) is 1. The maximum absolute atomic E-state index is 11.8. The Morgan fingerprint density at radius 1 is 1.45 bits per heavy atom. The van der Waals surface area contributed by atoms with Crippen molar-refractivity contribution in [3.8, 4) is 0 Å². The molecule has 1 aliphatic rings. The van der Waals surface area contributed by atoms with Crippen molar-refractivity contribution in [1.82, 2.24) is 9.88 Å². The van der Waals surface area contributed by atoms with E-state index in [2.05, 4.69) is 10.3 Å². The minimum atomic E-state index is -3.52. The Labute approximate surface area is 118 Å². The average Bonchev–Trinajstić information content (AvgIpc) is 2.68. The molecule has 8 heteroatoms. The number of sulfonamides is 1. The molecule has 1 aromatic heterocycles. The molecule has 2 rings (SSSR count). The lowest BCUT2D eigenvalue weighted by Crippen LogP contribution is -2.31. The number of nitrogens with two attached hydrogens (primary N) is 1. The van der Waals surface area contributed by atoms with Gasteiger partial charge in [0.15, 0.2) is 0 Å². The number of anilines is 1. The Hall–Kier alpha value is -1.67. The Morgan fingerprint density at radius 3 is 2.90 bits per heavy atom. The zero-order valence-corrected chi connectivity index (χ0v) is 11.8. The summed E-state index contributed by atoms with van der Waals surface area (Å²) in [5, 5.41) is 8.11. The summed E-state index contributed by atoms with van der Waals surface area (Å²) >= 11 is 0. The number of pyridine rings is 1. The fourth-order valence-corrected chi connectivity index (χ4v) is 3.18. The van der Waals surface area contributed by atoms with Gasteiger partial charge < -0.3 is 10.2 Å². The van der Waals surface area contributed by atoms with Gasteiger partial charge in [-0.1, -0.05) is 6.07 Å². The molecule has 1 unspecified atom stereocenters. The van der Waals surface area contributed by atoms with Crippen LogP contribution in [0.3, 0.4) is 0 Å². The molecule has 0 spiro atoms. The Bertz CT molecular complexity index is 561. The predicted octanol–water partition coefficient (Wildman–Crippen LogP) is -0.369. The molecular formula is C12H18N4O3S. The maximum atomic E-state index is 11.8. The lowest BCUT2D eigenvalue weighted by molar-refractivity contribution is -0.127. The SMILES string of the molecule is NS(=O)(=O)CC1CC(=O)N(CCNc2ccccn2)C1. The van der Waals surface area contributed by atoms with Gasteiger partial charge in [0.1, 0.15) is 5.82 Å². The summed E-state index contributed by atoms with van der Waals surface area (Å²) in [6, 6.07) is 5.54. The molecule has 0 aliphatic carbocycles. The smallest absolute Gasteiger partial charge is 0.223 e. The van der Waals surface area contributed by atoms with Gasteiger partial charge in [0.2, 0.25) is 15.9 Å². The van der Waals surface area contributed by atoms with E-state index in [1.165, 1.54) is 0 Å². The van der Waals surface area contributed by atoms with Crippen molar-refractivity contribution in [1.29, 1.82) is 0 Å². The topological polar surface area (TPSA) is 105 Å². The van der Waals surface area contributed by atoms with Crippen LogP contribution in [0.4, 0.5) is 5.82 Å². The van der Waals surface area contributed by atoms with Crippen LogP contribution in [-0.4, -0.2) is 49.6 Å². The Morgan fingerprint density at radius 2 is 2.25 bits per heavy atom. The second-order valence-corrected chi connectivity index (χ2v) is 6.54. The summed E-state index contributed by atoms with van der Waals surface area (Å²) in [5.74, 6) is 0.386. The van der Waals surface area contributed by atoms with Crippen LogP contribution in [0.25, 0.3) is 0 Å². The first kappa shape index (κ1) is 14.7. The van der Waals surface area contributed by atoms with Gasteiger partial charge in [-0.3, -0.25) is 4.79 Å². The predicted molar refractivity (Wildman–Crippen MR) is 75.4 cm³/mol. The summed E-state index contributed by atoms with van der Waals surface area (Å²) in [4.78, 5) is 17.5. The molecule has 1 amide bonds. The van der Waals surface area contributed by atoms with E-state index in [0.717, 1.165) is 5.82 Å². The van der Waals surface area contributed by atoms with Gasteiger partial charge >= 0.3 is 0 Å². The highest BCUT2D eigenvalue weighted by molar-refractivity contribution is 7.89. The first-order chi connectivity index (χ1) is 9.44. The van der Waals surface area contributed by atoms with Crippen LogP contribution in [-0.2, 0) is 14.8 Å². The van der Waals surface area contributed by atoms with Crippen molar-refractivity contribution in [2.75, 3.05) is 30.7 Å². The normalized spacial score (nSPS) is 19.4. The van der Waals surface area contributed by atoms with E-state index >= 15 is 0 Å². The van der Waals surface area contributed by atoms with Gasteiger partial charge in [-0.15, -0.1) is 0 Å². The molecule has 0 radical (unpaired) electrons. The summed E-state index contributed by atoms with van der Waals surface area (Å²) in [5.41, 5.74) is 0. The molecule has 20 heavy (non-hydrogen) atoms. The number of amides is 1. The number of hydrogen-bond donors (Lipinski definition) is 2. The summed E-state index contributed by atoms with van der Waals surface area (Å²) in [7, 11) is -3.52. The molecule has 0 bridgehead atoms. The standard InChI is InChI=1S/C12H18N4O3S/c13-20(18,19)9-10-7-12(17)16(8-10)6-5-15-11-3-1-2-4-14-11/h1-4,10H,5-9H2,(H,14,15)(H2,13,18,19). The van der Waals surface area contributed by atoms with Gasteiger partial charge in [-0.25, -0.2) is 18.5 Å².